The summed E-state index contributed by atoms with van der Waals surface area (Å²) in [5.41, 5.74) is 11.5. The number of para-hydroxylation sites is 1. The Labute approximate surface area is 313 Å². The Hall–Kier alpha value is -6.88. The molecule has 1 heteroatoms. The van der Waals surface area contributed by atoms with Crippen molar-refractivity contribution >= 4 is 17.1 Å². The maximum atomic E-state index is 8.48. The van der Waals surface area contributed by atoms with E-state index in [1.165, 1.54) is 5.56 Å². The quantitative estimate of drug-likeness (QED) is 0.160. The third-order valence-corrected chi connectivity index (χ3v) is 9.81. The fourth-order valence-electron chi connectivity index (χ4n) is 7.35. The first-order chi connectivity index (χ1) is 27.8. The highest BCUT2D eigenvalue weighted by Gasteiger charge is 2.44. The zero-order valence-electron chi connectivity index (χ0n) is 33.3. The van der Waals surface area contributed by atoms with Crippen molar-refractivity contribution in [3.63, 3.8) is 0 Å². The molecule has 52 heavy (non-hydrogen) atoms. The summed E-state index contributed by atoms with van der Waals surface area (Å²) in [4.78, 5) is 2.29. The predicted octanol–water partition coefficient (Wildman–Crippen LogP) is 12.9. The molecule has 1 aliphatic rings. The lowest BCUT2D eigenvalue weighted by molar-refractivity contribution is 0.837. The second-order valence-corrected chi connectivity index (χ2v) is 12.8. The molecule has 8 aromatic carbocycles. The van der Waals surface area contributed by atoms with Crippen LogP contribution in [0, 0.1) is 11.8 Å². The first-order valence-corrected chi connectivity index (χ1v) is 17.4. The Morgan fingerprint density at radius 3 is 1.69 bits per heavy atom. The average molecular weight is 667 g/mol. The summed E-state index contributed by atoms with van der Waals surface area (Å²) in [5, 5.41) is 0. The molecule has 1 atom stereocenters. The first kappa shape index (κ1) is 26.0. The van der Waals surface area contributed by atoms with Crippen LogP contribution in [0.25, 0.3) is 33.4 Å². The van der Waals surface area contributed by atoms with Crippen molar-refractivity contribution in [2.24, 2.45) is 0 Å². The van der Waals surface area contributed by atoms with Crippen molar-refractivity contribution in [3.8, 4) is 45.2 Å². The van der Waals surface area contributed by atoms with Crippen LogP contribution >= 0.6 is 0 Å². The highest BCUT2D eigenvalue weighted by atomic mass is 15.1. The van der Waals surface area contributed by atoms with Gasteiger partial charge in [0.25, 0.3) is 0 Å². The van der Waals surface area contributed by atoms with Gasteiger partial charge < -0.3 is 4.90 Å². The molecule has 0 fully saturated rings. The van der Waals surface area contributed by atoms with Gasteiger partial charge in [0.1, 0.15) is 5.41 Å². The van der Waals surface area contributed by atoms with Crippen molar-refractivity contribution in [3.05, 3.63) is 234 Å². The van der Waals surface area contributed by atoms with E-state index in [4.69, 9.17) is 6.85 Å². The molecule has 0 spiro atoms. The minimum Gasteiger partial charge on any atom is -0.310 e. The molecule has 0 N–H and O–H groups in total. The number of benzene rings is 8. The van der Waals surface area contributed by atoms with E-state index < -0.39 is 11.5 Å². The Kier molecular flexibility index (Phi) is 6.72. The third kappa shape index (κ3) is 5.58. The number of fused-ring (bicyclic) bond motifs is 3. The summed E-state index contributed by atoms with van der Waals surface area (Å²) in [5.74, 6) is 7.31. The lowest BCUT2D eigenvalue weighted by atomic mass is 9.72. The van der Waals surface area contributed by atoms with Crippen LogP contribution in [0.15, 0.2) is 212 Å². The van der Waals surface area contributed by atoms with E-state index in [2.05, 4.69) is 156 Å². The number of anilines is 3. The smallest absolute Gasteiger partial charge is 0.108 e. The molecular formula is C51H35N. The van der Waals surface area contributed by atoms with Gasteiger partial charge in [0.05, 0.1) is 6.85 Å². The number of hydrogen-bond donors (Lipinski definition) is 0. The lowest BCUT2D eigenvalue weighted by Gasteiger charge is -2.30. The molecule has 1 unspecified atom stereocenters. The van der Waals surface area contributed by atoms with E-state index in [1.807, 2.05) is 30.3 Å². The molecule has 1 nitrogen and oxygen atoms in total. The van der Waals surface area contributed by atoms with Gasteiger partial charge in [-0.3, -0.25) is 0 Å². The molecule has 0 heterocycles. The molecule has 244 valence electrons. The van der Waals surface area contributed by atoms with Crippen LogP contribution in [0.2, 0.25) is 0 Å². The summed E-state index contributed by atoms with van der Waals surface area (Å²) < 4.78 is 41.3. The molecule has 0 aliphatic heterocycles. The predicted molar refractivity (Wildman–Crippen MR) is 217 cm³/mol. The molecule has 0 saturated carbocycles. The number of nitrogens with zero attached hydrogens (tertiary/aromatic N) is 1. The summed E-state index contributed by atoms with van der Waals surface area (Å²) in [6.45, 7) is 0. The van der Waals surface area contributed by atoms with Crippen molar-refractivity contribution < 1.29 is 6.85 Å². The molecule has 0 bridgehead atoms. The Morgan fingerprint density at radius 2 is 0.962 bits per heavy atom. The highest BCUT2D eigenvalue weighted by Crippen LogP contribution is 2.54. The fraction of sp³-hybridized carbons (Fsp3) is 0.0196. The highest BCUT2D eigenvalue weighted by molar-refractivity contribution is 5.89. The van der Waals surface area contributed by atoms with Gasteiger partial charge in [-0.25, -0.2) is 0 Å². The van der Waals surface area contributed by atoms with Gasteiger partial charge in [-0.05, 0) is 98.6 Å². The maximum absolute atomic E-state index is 8.48. The zero-order chi connectivity index (χ0) is 39.1. The minimum atomic E-state index is -0.825. The van der Waals surface area contributed by atoms with Crippen LogP contribution in [0.3, 0.4) is 0 Å². The Bertz CT molecular complexity index is 2800. The minimum absolute atomic E-state index is 0.171. The van der Waals surface area contributed by atoms with Crippen LogP contribution in [-0.4, -0.2) is 0 Å². The molecule has 0 saturated heterocycles. The molecule has 8 aromatic rings. The monoisotopic (exact) mass is 666 g/mol. The van der Waals surface area contributed by atoms with Gasteiger partial charge in [-0.1, -0.05) is 176 Å². The van der Waals surface area contributed by atoms with Crippen LogP contribution < -0.4 is 4.90 Å². The molecule has 0 amide bonds. The fourth-order valence-corrected chi connectivity index (χ4v) is 7.35. The van der Waals surface area contributed by atoms with E-state index in [0.29, 0.717) is 5.56 Å². The van der Waals surface area contributed by atoms with Gasteiger partial charge >= 0.3 is 0 Å². The van der Waals surface area contributed by atoms with E-state index in [9.17, 15) is 0 Å². The summed E-state index contributed by atoms with van der Waals surface area (Å²) >= 11 is 0. The van der Waals surface area contributed by atoms with Crippen LogP contribution in [0.4, 0.5) is 17.1 Å². The standard InChI is InChI=1S/C51H35N/c1-5-15-39(16-6-1)41-27-25-38(26-28-41)35-36-51(43-19-9-3-10-20-43)49-24-14-13-23-47(49)48-34-33-46(37-50(48)51)52(44-21-11-4-12-22-44)45-31-29-42(30-32-45)40-17-7-2-8-18-40/h1-34,37H/i1D,5D,6D,15D,16D. The van der Waals surface area contributed by atoms with Gasteiger partial charge in [0.2, 0.25) is 0 Å². The molecular weight excluding hydrogens is 627 g/mol. The summed E-state index contributed by atoms with van der Waals surface area (Å²) in [6.07, 6.45) is 0. The molecule has 9 rings (SSSR count). The van der Waals surface area contributed by atoms with Crippen molar-refractivity contribution in [2.75, 3.05) is 4.90 Å². The number of rotatable bonds is 6. The lowest BCUT2D eigenvalue weighted by Crippen LogP contribution is -2.25. The zero-order valence-corrected chi connectivity index (χ0v) is 28.3. The van der Waals surface area contributed by atoms with Gasteiger partial charge in [-0.2, -0.15) is 0 Å². The van der Waals surface area contributed by atoms with Crippen molar-refractivity contribution in [1.82, 2.24) is 0 Å². The topological polar surface area (TPSA) is 3.24 Å². The van der Waals surface area contributed by atoms with Crippen LogP contribution in [-0.2, 0) is 5.41 Å². The average Bonchev–Trinajstić information content (AvgIpc) is 3.55. The Morgan fingerprint density at radius 1 is 0.423 bits per heavy atom. The van der Waals surface area contributed by atoms with E-state index in [0.717, 1.165) is 56.0 Å². The summed E-state index contributed by atoms with van der Waals surface area (Å²) in [7, 11) is 0. The van der Waals surface area contributed by atoms with Crippen molar-refractivity contribution in [2.45, 2.75) is 5.41 Å². The van der Waals surface area contributed by atoms with Crippen LogP contribution in [0.1, 0.15) is 29.1 Å². The summed E-state index contributed by atoms with van der Waals surface area (Å²) in [6, 6.07) is 60.9. The van der Waals surface area contributed by atoms with Gasteiger partial charge in [0.15, 0.2) is 0 Å². The van der Waals surface area contributed by atoms with E-state index in [-0.39, 0.29) is 29.7 Å². The Balaban J connectivity index is 1.20. The maximum Gasteiger partial charge on any atom is 0.108 e. The molecule has 0 aromatic heterocycles. The van der Waals surface area contributed by atoms with E-state index in [1.54, 1.807) is 12.1 Å². The first-order valence-electron chi connectivity index (χ1n) is 19.9. The van der Waals surface area contributed by atoms with Gasteiger partial charge in [-0.15, -0.1) is 0 Å². The van der Waals surface area contributed by atoms with E-state index >= 15 is 0 Å². The number of hydrogen-bond acceptors (Lipinski definition) is 1. The second kappa shape index (κ2) is 13.4. The third-order valence-electron chi connectivity index (χ3n) is 9.81. The molecule has 1 aliphatic carbocycles. The van der Waals surface area contributed by atoms with Crippen LogP contribution in [0.5, 0.6) is 0 Å². The largest absolute Gasteiger partial charge is 0.310 e. The van der Waals surface area contributed by atoms with Gasteiger partial charge in [0, 0.05) is 22.6 Å². The normalized spacial score (nSPS) is 15.4. The van der Waals surface area contributed by atoms with Crippen molar-refractivity contribution in [1.29, 1.82) is 0 Å². The second-order valence-electron chi connectivity index (χ2n) is 12.8. The SMILES string of the molecule is [2H]c1c([2H])c([2H])c(-c2ccc(C#CC3(c4ccccc4)c4ccccc4-c4ccc(N(c5ccccc5)c5ccc(-c6ccccc6)cc5)cc43)cc2)c([2H])c1[2H]. The molecule has 0 radical (unpaired) electrons.